The maximum absolute atomic E-state index is 12.4. The van der Waals surface area contributed by atoms with Crippen molar-refractivity contribution in [1.29, 1.82) is 0 Å². The van der Waals surface area contributed by atoms with Crippen LogP contribution in [-0.2, 0) is 21.3 Å². The van der Waals surface area contributed by atoms with Crippen LogP contribution >= 0.6 is 24.0 Å². The van der Waals surface area contributed by atoms with Gasteiger partial charge in [-0.3, -0.25) is 0 Å². The molecule has 8 nitrogen and oxygen atoms in total. The summed E-state index contributed by atoms with van der Waals surface area (Å²) >= 11 is 0. The van der Waals surface area contributed by atoms with Crippen LogP contribution in [0.25, 0.3) is 0 Å². The van der Waals surface area contributed by atoms with Gasteiger partial charge < -0.3 is 20.3 Å². The summed E-state index contributed by atoms with van der Waals surface area (Å²) in [5.41, 5.74) is 0.844. The van der Waals surface area contributed by atoms with Gasteiger partial charge in [-0.25, -0.2) is 18.1 Å². The van der Waals surface area contributed by atoms with E-state index >= 15 is 0 Å². The molecule has 1 aliphatic rings. The molecule has 1 aromatic carbocycles. The molecule has 178 valence electrons. The number of piperidine rings is 1. The molecule has 1 aromatic rings. The number of nitrogens with zero attached hydrogens (tertiary/aromatic N) is 2. The highest BCUT2D eigenvalue weighted by Gasteiger charge is 2.21. The van der Waals surface area contributed by atoms with E-state index in [9.17, 15) is 8.42 Å². The first-order chi connectivity index (χ1) is 14.4. The molecule has 1 heterocycles. The van der Waals surface area contributed by atoms with Crippen LogP contribution in [0.2, 0.25) is 0 Å². The van der Waals surface area contributed by atoms with Crippen LogP contribution in [0, 0.1) is 0 Å². The van der Waals surface area contributed by atoms with Crippen LogP contribution in [0.15, 0.2) is 34.2 Å². The lowest BCUT2D eigenvalue weighted by molar-refractivity contribution is 0.167. The van der Waals surface area contributed by atoms with Crippen molar-refractivity contribution in [2.75, 3.05) is 39.9 Å². The highest BCUT2D eigenvalue weighted by atomic mass is 127. The Morgan fingerprint density at radius 1 is 1.29 bits per heavy atom. The first-order valence-corrected chi connectivity index (χ1v) is 12.2. The highest BCUT2D eigenvalue weighted by molar-refractivity contribution is 14.0. The van der Waals surface area contributed by atoms with E-state index in [-0.39, 0.29) is 35.4 Å². The van der Waals surface area contributed by atoms with E-state index in [0.29, 0.717) is 25.2 Å². The molecule has 2 rings (SSSR count). The highest BCUT2D eigenvalue weighted by Crippen LogP contribution is 2.14. The van der Waals surface area contributed by atoms with Gasteiger partial charge in [0.2, 0.25) is 10.0 Å². The Labute approximate surface area is 204 Å². The first kappa shape index (κ1) is 28.1. The van der Waals surface area contributed by atoms with Gasteiger partial charge in [0.1, 0.15) is 0 Å². The van der Waals surface area contributed by atoms with Crippen molar-refractivity contribution in [3.8, 4) is 0 Å². The third-order valence-corrected chi connectivity index (χ3v) is 6.63. The number of benzene rings is 1. The summed E-state index contributed by atoms with van der Waals surface area (Å²) in [5.74, 6) is 0.770. The maximum Gasteiger partial charge on any atom is 0.240 e. The number of aliphatic imine (C=N–C) groups is 1. The van der Waals surface area contributed by atoms with Gasteiger partial charge in [0.15, 0.2) is 5.96 Å². The minimum absolute atomic E-state index is 0. The minimum Gasteiger partial charge on any atom is -0.383 e. The van der Waals surface area contributed by atoms with Gasteiger partial charge in [-0.1, -0.05) is 12.1 Å². The maximum atomic E-state index is 12.4. The number of sulfonamides is 1. The Kier molecular flexibility index (Phi) is 12.9. The van der Waals surface area contributed by atoms with Gasteiger partial charge in [-0.2, -0.15) is 0 Å². The van der Waals surface area contributed by atoms with E-state index < -0.39 is 10.0 Å². The van der Waals surface area contributed by atoms with E-state index in [0.717, 1.165) is 44.0 Å². The summed E-state index contributed by atoms with van der Waals surface area (Å²) < 4.78 is 32.3. The lowest BCUT2D eigenvalue weighted by Crippen LogP contribution is -2.49. The third-order valence-electron chi connectivity index (χ3n) is 5.17. The van der Waals surface area contributed by atoms with Gasteiger partial charge in [-0.05, 0) is 51.3 Å². The van der Waals surface area contributed by atoms with E-state index in [1.165, 1.54) is 7.11 Å². The molecule has 31 heavy (non-hydrogen) atoms. The van der Waals surface area contributed by atoms with Crippen LogP contribution in [0.5, 0.6) is 0 Å². The number of guanidine groups is 1. The van der Waals surface area contributed by atoms with Crippen LogP contribution in [0.4, 0.5) is 0 Å². The second-order valence-electron chi connectivity index (χ2n) is 7.78. The zero-order chi connectivity index (χ0) is 22.0. The van der Waals surface area contributed by atoms with Crippen molar-refractivity contribution in [2.24, 2.45) is 4.99 Å². The number of rotatable bonds is 10. The Balaban J connectivity index is 0.00000480. The van der Waals surface area contributed by atoms with Crippen molar-refractivity contribution < 1.29 is 13.2 Å². The molecule has 1 aliphatic heterocycles. The predicted molar refractivity (Wildman–Crippen MR) is 137 cm³/mol. The standard InChI is InChI=1S/C21H37N5O3S.HI/c1-5-22-21(25-19-9-12-26(13-10-19)17(2)3)23-16-18-7-6-8-20(15-18)30(27,28)24-11-14-29-4;/h6-8,15,17,19,24H,5,9-14,16H2,1-4H3,(H2,22,23,25);1H. The largest absolute Gasteiger partial charge is 0.383 e. The SMILES string of the molecule is CCNC(=NCc1cccc(S(=O)(=O)NCCOC)c1)NC1CCN(C(C)C)CC1.I. The molecule has 0 bridgehead atoms. The zero-order valence-electron chi connectivity index (χ0n) is 19.1. The normalized spacial score (nSPS) is 16.2. The zero-order valence-corrected chi connectivity index (χ0v) is 22.2. The van der Waals surface area contributed by atoms with E-state index in [2.05, 4.69) is 39.1 Å². The van der Waals surface area contributed by atoms with E-state index in [4.69, 9.17) is 4.74 Å². The molecular formula is C21H38IN5O3S. The molecule has 10 heteroatoms. The number of hydrogen-bond donors (Lipinski definition) is 3. The monoisotopic (exact) mass is 567 g/mol. The van der Waals surface area contributed by atoms with Crippen LogP contribution in [-0.4, -0.2) is 71.3 Å². The van der Waals surface area contributed by atoms with Gasteiger partial charge in [0.25, 0.3) is 0 Å². The Morgan fingerprint density at radius 3 is 2.61 bits per heavy atom. The number of nitrogens with one attached hydrogen (secondary N) is 3. The van der Waals surface area contributed by atoms with Crippen LogP contribution in [0.3, 0.4) is 0 Å². The summed E-state index contributed by atoms with van der Waals surface area (Å²) in [4.78, 5) is 7.41. The van der Waals surface area contributed by atoms with Crippen LogP contribution in [0.1, 0.15) is 39.2 Å². The molecule has 0 aliphatic carbocycles. The van der Waals surface area contributed by atoms with E-state index in [1.807, 2.05) is 13.0 Å². The minimum atomic E-state index is -3.55. The number of methoxy groups -OCH3 is 1. The molecule has 1 fully saturated rings. The molecule has 0 radical (unpaired) electrons. The topological polar surface area (TPSA) is 95.1 Å². The third kappa shape index (κ3) is 9.60. The Bertz CT molecular complexity index is 781. The van der Waals surface area contributed by atoms with Gasteiger partial charge in [0, 0.05) is 45.4 Å². The number of hydrogen-bond acceptors (Lipinski definition) is 5. The molecular weight excluding hydrogens is 529 g/mol. The smallest absolute Gasteiger partial charge is 0.240 e. The molecule has 0 spiro atoms. The molecule has 0 unspecified atom stereocenters. The molecule has 0 amide bonds. The van der Waals surface area contributed by atoms with E-state index in [1.54, 1.807) is 18.2 Å². The molecule has 1 saturated heterocycles. The summed E-state index contributed by atoms with van der Waals surface area (Å²) in [5, 5.41) is 6.83. The average Bonchev–Trinajstić information content (AvgIpc) is 2.73. The van der Waals surface area contributed by atoms with Crippen LogP contribution < -0.4 is 15.4 Å². The second-order valence-corrected chi connectivity index (χ2v) is 9.55. The number of halogens is 1. The molecule has 0 saturated carbocycles. The fraction of sp³-hybridized carbons (Fsp3) is 0.667. The van der Waals surface area contributed by atoms with Crippen molar-refractivity contribution in [3.05, 3.63) is 29.8 Å². The van der Waals surface area contributed by atoms with Gasteiger partial charge in [0.05, 0.1) is 18.0 Å². The lowest BCUT2D eigenvalue weighted by Gasteiger charge is -2.35. The first-order valence-electron chi connectivity index (χ1n) is 10.7. The Morgan fingerprint density at radius 2 is 2.00 bits per heavy atom. The number of ether oxygens (including phenoxy) is 1. The quantitative estimate of drug-likeness (QED) is 0.174. The predicted octanol–water partition coefficient (Wildman–Crippen LogP) is 2.16. The summed E-state index contributed by atoms with van der Waals surface area (Å²) in [6.45, 7) is 10.4. The fourth-order valence-corrected chi connectivity index (χ4v) is 4.50. The summed E-state index contributed by atoms with van der Waals surface area (Å²) in [6, 6.07) is 7.88. The average molecular weight is 568 g/mol. The second kappa shape index (κ2) is 14.2. The lowest BCUT2D eigenvalue weighted by atomic mass is 10.0. The summed E-state index contributed by atoms with van der Waals surface area (Å²) in [7, 11) is -2.01. The molecule has 0 aromatic heterocycles. The van der Waals surface area contributed by atoms with Crippen molar-refractivity contribution in [1.82, 2.24) is 20.3 Å². The van der Waals surface area contributed by atoms with Crippen molar-refractivity contribution >= 4 is 40.0 Å². The Hall–Kier alpha value is -0.950. The summed E-state index contributed by atoms with van der Waals surface area (Å²) in [6.07, 6.45) is 2.17. The van der Waals surface area contributed by atoms with Gasteiger partial charge in [-0.15, -0.1) is 24.0 Å². The fourth-order valence-electron chi connectivity index (χ4n) is 3.42. The van der Waals surface area contributed by atoms with Crippen molar-refractivity contribution in [3.63, 3.8) is 0 Å². The van der Waals surface area contributed by atoms with Crippen molar-refractivity contribution in [2.45, 2.75) is 57.1 Å². The molecule has 3 N–H and O–H groups in total. The van der Waals surface area contributed by atoms with Gasteiger partial charge >= 0.3 is 0 Å². The number of likely N-dealkylation sites (tertiary alicyclic amines) is 1. The molecule has 0 atom stereocenters.